The Bertz CT molecular complexity index is 1100. The summed E-state index contributed by atoms with van der Waals surface area (Å²) in [4.78, 5) is 17.2. The standard InChI is InChI=1S/C30H33NO4/c1-21(2)27(31-35-30(23-10-5-3-6-11-23)24-12-7-4-8-13-24)19-22-16-17-26-25(18-22)14-9-15-28(26)34-20-29(32)33/h3-15,21-22,30H,16-20H2,1-2H3,(H,32,33). The molecule has 1 unspecified atom stereocenters. The fourth-order valence-corrected chi connectivity index (χ4v) is 4.66. The van der Waals surface area contributed by atoms with Crippen LogP contribution in [0.2, 0.25) is 0 Å². The van der Waals surface area contributed by atoms with Crippen molar-refractivity contribution in [2.24, 2.45) is 17.0 Å². The topological polar surface area (TPSA) is 68.1 Å². The van der Waals surface area contributed by atoms with Gasteiger partial charge in [-0.15, -0.1) is 0 Å². The van der Waals surface area contributed by atoms with E-state index in [1.165, 1.54) is 5.56 Å². The number of rotatable bonds is 10. The molecule has 4 rings (SSSR count). The lowest BCUT2D eigenvalue weighted by Gasteiger charge is -2.27. The van der Waals surface area contributed by atoms with Gasteiger partial charge in [0.25, 0.3) is 0 Å². The first-order chi connectivity index (χ1) is 17.0. The van der Waals surface area contributed by atoms with E-state index < -0.39 is 5.97 Å². The Kier molecular flexibility index (Phi) is 8.19. The van der Waals surface area contributed by atoms with Crippen LogP contribution in [-0.4, -0.2) is 23.4 Å². The summed E-state index contributed by atoms with van der Waals surface area (Å²) in [5.41, 5.74) is 5.59. The number of benzene rings is 3. The van der Waals surface area contributed by atoms with E-state index in [4.69, 9.17) is 19.8 Å². The predicted molar refractivity (Wildman–Crippen MR) is 138 cm³/mol. The van der Waals surface area contributed by atoms with E-state index in [2.05, 4.69) is 44.2 Å². The van der Waals surface area contributed by atoms with Gasteiger partial charge in [-0.1, -0.05) is 91.8 Å². The van der Waals surface area contributed by atoms with Crippen molar-refractivity contribution in [3.63, 3.8) is 0 Å². The number of carboxylic acid groups (broad SMARTS) is 1. The van der Waals surface area contributed by atoms with Crippen molar-refractivity contribution in [3.05, 3.63) is 101 Å². The van der Waals surface area contributed by atoms with Crippen LogP contribution < -0.4 is 4.74 Å². The Morgan fingerprint density at radius 3 is 2.23 bits per heavy atom. The average molecular weight is 472 g/mol. The van der Waals surface area contributed by atoms with Crippen LogP contribution in [0.1, 0.15) is 55.0 Å². The molecule has 0 aromatic heterocycles. The van der Waals surface area contributed by atoms with E-state index in [0.29, 0.717) is 11.7 Å². The number of fused-ring (bicyclic) bond motifs is 1. The lowest BCUT2D eigenvalue weighted by atomic mass is 9.80. The van der Waals surface area contributed by atoms with Gasteiger partial charge in [-0.2, -0.15) is 0 Å². The number of hydrogen-bond acceptors (Lipinski definition) is 4. The van der Waals surface area contributed by atoms with E-state index in [-0.39, 0.29) is 18.6 Å². The van der Waals surface area contributed by atoms with Gasteiger partial charge in [0.1, 0.15) is 5.75 Å². The summed E-state index contributed by atoms with van der Waals surface area (Å²) in [7, 11) is 0. The van der Waals surface area contributed by atoms with Crippen LogP contribution in [0, 0.1) is 11.8 Å². The van der Waals surface area contributed by atoms with Crippen LogP contribution in [0.15, 0.2) is 84.0 Å². The number of carboxylic acids is 1. The van der Waals surface area contributed by atoms with Crippen molar-refractivity contribution >= 4 is 11.7 Å². The minimum Gasteiger partial charge on any atom is -0.482 e. The highest BCUT2D eigenvalue weighted by Gasteiger charge is 2.25. The third-order valence-corrected chi connectivity index (χ3v) is 6.54. The number of oxime groups is 1. The first-order valence-electron chi connectivity index (χ1n) is 12.3. The molecule has 1 atom stereocenters. The highest BCUT2D eigenvalue weighted by Crippen LogP contribution is 2.34. The average Bonchev–Trinajstić information content (AvgIpc) is 2.87. The van der Waals surface area contributed by atoms with Gasteiger partial charge in [0.05, 0.1) is 5.71 Å². The van der Waals surface area contributed by atoms with Crippen LogP contribution in [0.5, 0.6) is 5.75 Å². The Morgan fingerprint density at radius 1 is 0.971 bits per heavy atom. The molecule has 35 heavy (non-hydrogen) atoms. The van der Waals surface area contributed by atoms with Gasteiger partial charge in [-0.3, -0.25) is 0 Å². The number of nitrogens with zero attached hydrogens (tertiary/aromatic N) is 1. The summed E-state index contributed by atoms with van der Waals surface area (Å²) in [6.45, 7) is 4.01. The molecule has 0 radical (unpaired) electrons. The van der Waals surface area contributed by atoms with Gasteiger partial charge >= 0.3 is 5.97 Å². The molecule has 5 nitrogen and oxygen atoms in total. The summed E-state index contributed by atoms with van der Waals surface area (Å²) in [5, 5.41) is 13.7. The summed E-state index contributed by atoms with van der Waals surface area (Å²) >= 11 is 0. The second kappa shape index (κ2) is 11.7. The van der Waals surface area contributed by atoms with Crippen molar-refractivity contribution in [2.75, 3.05) is 6.61 Å². The van der Waals surface area contributed by atoms with E-state index >= 15 is 0 Å². The van der Waals surface area contributed by atoms with E-state index in [1.807, 2.05) is 48.5 Å². The maximum Gasteiger partial charge on any atom is 0.341 e. The lowest BCUT2D eigenvalue weighted by Crippen LogP contribution is -2.21. The SMILES string of the molecule is CC(C)C(CC1CCc2c(cccc2OCC(=O)O)C1)=NOC(c1ccccc1)c1ccccc1. The molecular formula is C30H33NO4. The normalized spacial score (nSPS) is 15.7. The molecule has 0 saturated carbocycles. The maximum atomic E-state index is 10.9. The summed E-state index contributed by atoms with van der Waals surface area (Å²) in [6, 6.07) is 26.3. The summed E-state index contributed by atoms with van der Waals surface area (Å²) in [5.74, 6) is 0.457. The predicted octanol–water partition coefficient (Wildman–Crippen LogP) is 6.46. The Morgan fingerprint density at radius 2 is 1.63 bits per heavy atom. The minimum absolute atomic E-state index is 0.257. The fraction of sp³-hybridized carbons (Fsp3) is 0.333. The fourth-order valence-electron chi connectivity index (χ4n) is 4.66. The molecule has 0 bridgehead atoms. The van der Waals surface area contributed by atoms with Crippen LogP contribution in [0.4, 0.5) is 0 Å². The molecule has 0 fully saturated rings. The molecule has 0 heterocycles. The first-order valence-corrected chi connectivity index (χ1v) is 12.3. The van der Waals surface area contributed by atoms with Crippen molar-refractivity contribution in [1.29, 1.82) is 0 Å². The zero-order valence-electron chi connectivity index (χ0n) is 20.4. The smallest absolute Gasteiger partial charge is 0.341 e. The Labute approximate surface area is 207 Å². The van der Waals surface area contributed by atoms with Crippen molar-refractivity contribution in [2.45, 2.75) is 45.6 Å². The van der Waals surface area contributed by atoms with Gasteiger partial charge in [0.15, 0.2) is 12.7 Å². The molecule has 0 amide bonds. The number of aliphatic carboxylic acids is 1. The maximum absolute atomic E-state index is 10.9. The Balaban J connectivity index is 1.49. The van der Waals surface area contributed by atoms with Crippen LogP contribution in [0.3, 0.4) is 0 Å². The molecular weight excluding hydrogens is 438 g/mol. The first kappa shape index (κ1) is 24.5. The quantitative estimate of drug-likeness (QED) is 0.272. The highest BCUT2D eigenvalue weighted by molar-refractivity contribution is 5.86. The van der Waals surface area contributed by atoms with Crippen LogP contribution in [0.25, 0.3) is 0 Å². The summed E-state index contributed by atoms with van der Waals surface area (Å²) < 4.78 is 5.53. The Hall–Kier alpha value is -3.60. The minimum atomic E-state index is -0.960. The third kappa shape index (κ3) is 6.50. The zero-order chi connectivity index (χ0) is 24.6. The zero-order valence-corrected chi connectivity index (χ0v) is 20.4. The highest BCUT2D eigenvalue weighted by atomic mass is 16.6. The van der Waals surface area contributed by atoms with Crippen LogP contribution in [-0.2, 0) is 22.5 Å². The monoisotopic (exact) mass is 471 g/mol. The van der Waals surface area contributed by atoms with Crippen molar-refractivity contribution < 1.29 is 19.5 Å². The molecule has 0 saturated heterocycles. The van der Waals surface area contributed by atoms with Gasteiger partial charge in [0.2, 0.25) is 0 Å². The second-order valence-electron chi connectivity index (χ2n) is 9.43. The molecule has 1 N–H and O–H groups in total. The number of carbonyl (C=O) groups is 1. The van der Waals surface area contributed by atoms with Gasteiger partial charge < -0.3 is 14.7 Å². The summed E-state index contributed by atoms with van der Waals surface area (Å²) in [6.07, 6.45) is 3.41. The molecule has 1 aliphatic rings. The van der Waals surface area contributed by atoms with Gasteiger partial charge in [0, 0.05) is 0 Å². The second-order valence-corrected chi connectivity index (χ2v) is 9.43. The molecule has 5 heteroatoms. The molecule has 182 valence electrons. The molecule has 0 aliphatic heterocycles. The van der Waals surface area contributed by atoms with Crippen molar-refractivity contribution in [3.8, 4) is 5.75 Å². The van der Waals surface area contributed by atoms with Gasteiger partial charge in [-0.05, 0) is 65.8 Å². The van der Waals surface area contributed by atoms with E-state index in [9.17, 15) is 4.79 Å². The lowest BCUT2D eigenvalue weighted by molar-refractivity contribution is -0.139. The van der Waals surface area contributed by atoms with E-state index in [1.54, 1.807) is 0 Å². The molecule has 3 aromatic carbocycles. The molecule has 1 aliphatic carbocycles. The van der Waals surface area contributed by atoms with Crippen LogP contribution >= 0.6 is 0 Å². The molecule has 3 aromatic rings. The number of hydrogen-bond donors (Lipinski definition) is 1. The van der Waals surface area contributed by atoms with Crippen molar-refractivity contribution in [1.82, 2.24) is 0 Å². The van der Waals surface area contributed by atoms with Gasteiger partial charge in [-0.25, -0.2) is 4.79 Å². The largest absolute Gasteiger partial charge is 0.482 e. The third-order valence-electron chi connectivity index (χ3n) is 6.54. The number of ether oxygens (including phenoxy) is 1. The molecule has 0 spiro atoms. The van der Waals surface area contributed by atoms with E-state index in [0.717, 1.165) is 48.1 Å².